The van der Waals surface area contributed by atoms with Crippen molar-refractivity contribution >= 4 is 11.9 Å². The van der Waals surface area contributed by atoms with Crippen LogP contribution in [0.3, 0.4) is 0 Å². The van der Waals surface area contributed by atoms with Gasteiger partial charge in [0, 0.05) is 18.8 Å². The van der Waals surface area contributed by atoms with Crippen molar-refractivity contribution in [2.24, 2.45) is 0 Å². The molecule has 0 spiro atoms. The summed E-state index contributed by atoms with van der Waals surface area (Å²) in [6.07, 6.45) is 3.25. The molecular formula is C14H16N2O4. The van der Waals surface area contributed by atoms with Gasteiger partial charge >= 0.3 is 5.97 Å². The molecule has 1 amide bonds. The van der Waals surface area contributed by atoms with Gasteiger partial charge in [0.15, 0.2) is 0 Å². The summed E-state index contributed by atoms with van der Waals surface area (Å²) >= 11 is 0. The predicted molar refractivity (Wildman–Crippen MR) is 71.8 cm³/mol. The molecule has 0 radical (unpaired) electrons. The van der Waals surface area contributed by atoms with Crippen LogP contribution in [0.5, 0.6) is 0 Å². The van der Waals surface area contributed by atoms with E-state index in [0.29, 0.717) is 17.5 Å². The normalized spacial score (nSPS) is 9.30. The van der Waals surface area contributed by atoms with Crippen molar-refractivity contribution in [3.63, 3.8) is 0 Å². The molecule has 6 heteroatoms. The van der Waals surface area contributed by atoms with Crippen LogP contribution < -0.4 is 5.32 Å². The van der Waals surface area contributed by atoms with Gasteiger partial charge in [0.2, 0.25) is 0 Å². The molecule has 0 fully saturated rings. The maximum Gasteiger partial charge on any atom is 0.325 e. The lowest BCUT2D eigenvalue weighted by molar-refractivity contribution is -0.141. The molecule has 0 aliphatic carbocycles. The van der Waals surface area contributed by atoms with Gasteiger partial charge in [0.25, 0.3) is 5.91 Å². The molecule has 0 unspecified atom stereocenters. The molecule has 1 aromatic heterocycles. The maximum absolute atomic E-state index is 11.9. The van der Waals surface area contributed by atoms with Gasteiger partial charge in [-0.25, -0.2) is 0 Å². The number of rotatable bonds is 5. The lowest BCUT2D eigenvalue weighted by Crippen LogP contribution is -2.31. The van der Waals surface area contributed by atoms with Crippen LogP contribution in [0.25, 0.3) is 0 Å². The SMILES string of the molecule is CCOC(=O)CNC(=O)c1ccncc1C#CCCO. The Morgan fingerprint density at radius 2 is 2.30 bits per heavy atom. The summed E-state index contributed by atoms with van der Waals surface area (Å²) in [5.74, 6) is 4.56. The Kier molecular flexibility index (Phi) is 6.79. The van der Waals surface area contributed by atoms with E-state index in [1.165, 1.54) is 18.5 Å². The summed E-state index contributed by atoms with van der Waals surface area (Å²) in [6.45, 7) is 1.72. The summed E-state index contributed by atoms with van der Waals surface area (Å²) in [4.78, 5) is 27.0. The minimum Gasteiger partial charge on any atom is -0.465 e. The molecule has 1 aromatic rings. The zero-order valence-corrected chi connectivity index (χ0v) is 11.2. The zero-order valence-electron chi connectivity index (χ0n) is 11.2. The van der Waals surface area contributed by atoms with Gasteiger partial charge in [0.05, 0.1) is 24.3 Å². The van der Waals surface area contributed by atoms with Gasteiger partial charge in [-0.3, -0.25) is 14.6 Å². The van der Waals surface area contributed by atoms with Crippen LogP contribution in [0, 0.1) is 11.8 Å². The van der Waals surface area contributed by atoms with Crippen LogP contribution in [0.4, 0.5) is 0 Å². The Balaban J connectivity index is 2.73. The fourth-order valence-electron chi connectivity index (χ4n) is 1.37. The molecule has 0 aliphatic rings. The number of aliphatic hydroxyl groups excluding tert-OH is 1. The molecule has 106 valence electrons. The molecule has 0 aliphatic heterocycles. The van der Waals surface area contributed by atoms with Crippen molar-refractivity contribution in [1.82, 2.24) is 10.3 Å². The van der Waals surface area contributed by atoms with Crippen molar-refractivity contribution in [1.29, 1.82) is 0 Å². The van der Waals surface area contributed by atoms with Gasteiger partial charge in [-0.1, -0.05) is 11.8 Å². The summed E-state index contributed by atoms with van der Waals surface area (Å²) < 4.78 is 4.72. The number of hydrogen-bond donors (Lipinski definition) is 2. The van der Waals surface area contributed by atoms with Gasteiger partial charge in [-0.15, -0.1) is 0 Å². The second kappa shape index (κ2) is 8.67. The highest BCUT2D eigenvalue weighted by Crippen LogP contribution is 2.05. The predicted octanol–water partition coefficient (Wildman–Crippen LogP) is 0.108. The van der Waals surface area contributed by atoms with Crippen LogP contribution in [0.2, 0.25) is 0 Å². The average molecular weight is 276 g/mol. The topological polar surface area (TPSA) is 88.5 Å². The van der Waals surface area contributed by atoms with Crippen LogP contribution in [-0.2, 0) is 9.53 Å². The van der Waals surface area contributed by atoms with E-state index in [9.17, 15) is 9.59 Å². The molecule has 20 heavy (non-hydrogen) atoms. The second-order valence-corrected chi connectivity index (χ2v) is 3.68. The van der Waals surface area contributed by atoms with Gasteiger partial charge in [-0.05, 0) is 13.0 Å². The largest absolute Gasteiger partial charge is 0.465 e. The van der Waals surface area contributed by atoms with E-state index in [-0.39, 0.29) is 19.8 Å². The highest BCUT2D eigenvalue weighted by molar-refractivity contribution is 5.98. The number of aromatic nitrogens is 1. The first-order valence-electron chi connectivity index (χ1n) is 6.16. The fourth-order valence-corrected chi connectivity index (χ4v) is 1.37. The molecule has 0 saturated heterocycles. The number of carbonyl (C=O) groups excluding carboxylic acids is 2. The lowest BCUT2D eigenvalue weighted by Gasteiger charge is -2.06. The molecular weight excluding hydrogens is 260 g/mol. The summed E-state index contributed by atoms with van der Waals surface area (Å²) in [6, 6.07) is 1.52. The number of hydrogen-bond acceptors (Lipinski definition) is 5. The first-order chi connectivity index (χ1) is 9.69. The number of nitrogens with zero attached hydrogens (tertiary/aromatic N) is 1. The van der Waals surface area contributed by atoms with Crippen LogP contribution in [-0.4, -0.2) is 41.7 Å². The first kappa shape index (κ1) is 15.7. The van der Waals surface area contributed by atoms with Gasteiger partial charge in [-0.2, -0.15) is 0 Å². The van der Waals surface area contributed by atoms with Crippen LogP contribution in [0.1, 0.15) is 29.3 Å². The van der Waals surface area contributed by atoms with Gasteiger partial charge < -0.3 is 15.2 Å². The van der Waals surface area contributed by atoms with Gasteiger partial charge in [0.1, 0.15) is 6.54 Å². The van der Waals surface area contributed by atoms with Crippen molar-refractivity contribution in [2.45, 2.75) is 13.3 Å². The third-order valence-corrected chi connectivity index (χ3v) is 2.22. The molecule has 1 heterocycles. The standard InChI is InChI=1S/C14H16N2O4/c1-2-20-13(18)10-16-14(19)12-6-7-15-9-11(12)5-3-4-8-17/h6-7,9,17H,2,4,8,10H2,1H3,(H,16,19). The Labute approximate surface area is 117 Å². The molecule has 2 N–H and O–H groups in total. The molecule has 0 atom stereocenters. The molecule has 1 rings (SSSR count). The first-order valence-corrected chi connectivity index (χ1v) is 6.16. The number of esters is 1. The van der Waals surface area contributed by atoms with E-state index in [1.807, 2.05) is 0 Å². The highest BCUT2D eigenvalue weighted by Gasteiger charge is 2.11. The van der Waals surface area contributed by atoms with Crippen LogP contribution >= 0.6 is 0 Å². The van der Waals surface area contributed by atoms with Crippen molar-refractivity contribution in [2.75, 3.05) is 19.8 Å². The molecule has 6 nitrogen and oxygen atoms in total. The molecule has 0 bridgehead atoms. The minimum absolute atomic E-state index is 0.0440. The monoisotopic (exact) mass is 276 g/mol. The van der Waals surface area contributed by atoms with E-state index in [4.69, 9.17) is 9.84 Å². The van der Waals surface area contributed by atoms with E-state index in [2.05, 4.69) is 22.1 Å². The second-order valence-electron chi connectivity index (χ2n) is 3.68. The molecule has 0 saturated carbocycles. The highest BCUT2D eigenvalue weighted by atomic mass is 16.5. The van der Waals surface area contributed by atoms with E-state index >= 15 is 0 Å². The van der Waals surface area contributed by atoms with E-state index in [0.717, 1.165) is 0 Å². The fraction of sp³-hybridized carbons (Fsp3) is 0.357. The maximum atomic E-state index is 11.9. The minimum atomic E-state index is -0.497. The third kappa shape index (κ3) is 5.08. The summed E-state index contributed by atoms with van der Waals surface area (Å²) in [5.41, 5.74) is 0.775. The Morgan fingerprint density at radius 3 is 3.00 bits per heavy atom. The number of nitrogens with one attached hydrogen (secondary N) is 1. The summed E-state index contributed by atoms with van der Waals surface area (Å²) in [7, 11) is 0. The number of carbonyl (C=O) groups is 2. The lowest BCUT2D eigenvalue weighted by atomic mass is 10.1. The van der Waals surface area contributed by atoms with Crippen molar-refractivity contribution < 1.29 is 19.4 Å². The number of pyridine rings is 1. The smallest absolute Gasteiger partial charge is 0.325 e. The molecule has 0 aromatic carbocycles. The van der Waals surface area contributed by atoms with E-state index < -0.39 is 11.9 Å². The number of aliphatic hydroxyl groups is 1. The Morgan fingerprint density at radius 1 is 1.50 bits per heavy atom. The van der Waals surface area contributed by atoms with Crippen LogP contribution in [0.15, 0.2) is 18.5 Å². The zero-order chi connectivity index (χ0) is 14.8. The summed E-state index contributed by atoms with van der Waals surface area (Å²) in [5, 5.41) is 11.1. The Bertz CT molecular complexity index is 531. The quantitative estimate of drug-likeness (QED) is 0.588. The van der Waals surface area contributed by atoms with E-state index in [1.54, 1.807) is 6.92 Å². The van der Waals surface area contributed by atoms with Crippen molar-refractivity contribution in [3.05, 3.63) is 29.6 Å². The third-order valence-electron chi connectivity index (χ3n) is 2.22. The average Bonchev–Trinajstić information content (AvgIpc) is 2.46. The van der Waals surface area contributed by atoms with Crippen molar-refractivity contribution in [3.8, 4) is 11.8 Å². The Hall–Kier alpha value is -2.39. The number of ether oxygens (including phenoxy) is 1. The number of amides is 1.